The average Bonchev–Trinajstić information content (AvgIpc) is 2.97. The van der Waals surface area contributed by atoms with E-state index in [2.05, 4.69) is 11.8 Å². The second kappa shape index (κ2) is 7.24. The molecule has 0 radical (unpaired) electrons. The summed E-state index contributed by atoms with van der Waals surface area (Å²) in [6.07, 6.45) is 4.74. The van der Waals surface area contributed by atoms with E-state index < -0.39 is 5.82 Å². The summed E-state index contributed by atoms with van der Waals surface area (Å²) >= 11 is 0. The molecule has 1 fully saturated rings. The molecule has 1 aromatic rings. The lowest BCUT2D eigenvalue weighted by Gasteiger charge is -2.21. The number of hydrogen-bond donors (Lipinski definition) is 1. The van der Waals surface area contributed by atoms with Crippen molar-refractivity contribution in [1.82, 2.24) is 4.90 Å². The molecule has 3 nitrogen and oxygen atoms in total. The van der Waals surface area contributed by atoms with Crippen molar-refractivity contribution in [2.75, 3.05) is 20.2 Å². The van der Waals surface area contributed by atoms with Gasteiger partial charge in [-0.1, -0.05) is 24.7 Å². The topological polar surface area (TPSA) is 40.5 Å². The fraction of sp³-hybridized carbons (Fsp3) is 0.471. The number of carbonyl (C=O) groups excluding carboxylic acids is 1. The highest BCUT2D eigenvalue weighted by Gasteiger charge is 2.21. The van der Waals surface area contributed by atoms with Crippen molar-refractivity contribution in [3.8, 4) is 11.8 Å². The molecular formula is C17H20FNO2. The standard InChI is InChI=1S/C17H20FNO2/c1-19(12-14-5-2-3-6-14)17(21)15-9-8-13(7-4-10-20)11-16(15)18/h8-9,11,14,20H,2-3,5-6,10,12H2,1H3. The fourth-order valence-electron chi connectivity index (χ4n) is 2.78. The van der Waals surface area contributed by atoms with Gasteiger partial charge in [0.1, 0.15) is 12.4 Å². The minimum atomic E-state index is -0.567. The van der Waals surface area contributed by atoms with Crippen LogP contribution in [-0.2, 0) is 0 Å². The molecule has 0 aromatic heterocycles. The second-order valence-corrected chi connectivity index (χ2v) is 5.49. The molecule has 1 amide bonds. The van der Waals surface area contributed by atoms with Crippen LogP contribution in [-0.4, -0.2) is 36.1 Å². The van der Waals surface area contributed by atoms with Gasteiger partial charge < -0.3 is 10.0 Å². The van der Waals surface area contributed by atoms with Crippen molar-refractivity contribution in [2.24, 2.45) is 5.92 Å². The summed E-state index contributed by atoms with van der Waals surface area (Å²) in [7, 11) is 1.72. The monoisotopic (exact) mass is 289 g/mol. The van der Waals surface area contributed by atoms with E-state index in [0.717, 1.165) is 12.8 Å². The Kier molecular flexibility index (Phi) is 5.35. The maximum Gasteiger partial charge on any atom is 0.256 e. The van der Waals surface area contributed by atoms with E-state index in [1.165, 1.54) is 25.0 Å². The number of aliphatic hydroxyl groups is 1. The van der Waals surface area contributed by atoms with E-state index in [0.29, 0.717) is 18.0 Å². The molecule has 0 bridgehead atoms. The first kappa shape index (κ1) is 15.5. The first-order chi connectivity index (χ1) is 10.1. The number of nitrogens with zero attached hydrogens (tertiary/aromatic N) is 1. The number of benzene rings is 1. The first-order valence-electron chi connectivity index (χ1n) is 7.26. The lowest BCUT2D eigenvalue weighted by Crippen LogP contribution is -2.31. The van der Waals surface area contributed by atoms with Gasteiger partial charge in [-0.05, 0) is 37.0 Å². The Hall–Kier alpha value is -1.86. The lowest BCUT2D eigenvalue weighted by molar-refractivity contribution is 0.0768. The molecule has 1 N–H and O–H groups in total. The van der Waals surface area contributed by atoms with E-state index in [-0.39, 0.29) is 18.1 Å². The van der Waals surface area contributed by atoms with Crippen LogP contribution in [0.5, 0.6) is 0 Å². The van der Waals surface area contributed by atoms with Crippen LogP contribution in [0.2, 0.25) is 0 Å². The fourth-order valence-corrected chi connectivity index (χ4v) is 2.78. The van der Waals surface area contributed by atoms with Crippen molar-refractivity contribution < 1.29 is 14.3 Å². The SMILES string of the molecule is CN(CC1CCCC1)C(=O)c1ccc(C#CCO)cc1F. The number of carbonyl (C=O) groups is 1. The van der Waals surface area contributed by atoms with E-state index in [9.17, 15) is 9.18 Å². The van der Waals surface area contributed by atoms with Crippen LogP contribution in [0.25, 0.3) is 0 Å². The largest absolute Gasteiger partial charge is 0.384 e. The van der Waals surface area contributed by atoms with Gasteiger partial charge in [0.2, 0.25) is 0 Å². The number of halogens is 1. The van der Waals surface area contributed by atoms with E-state index in [4.69, 9.17) is 5.11 Å². The van der Waals surface area contributed by atoms with Gasteiger partial charge in [-0.25, -0.2) is 4.39 Å². The third kappa shape index (κ3) is 4.05. The minimum absolute atomic E-state index is 0.0741. The summed E-state index contributed by atoms with van der Waals surface area (Å²) in [6.45, 7) is 0.413. The van der Waals surface area contributed by atoms with Gasteiger partial charge in [-0.15, -0.1) is 0 Å². The van der Waals surface area contributed by atoms with E-state index in [1.54, 1.807) is 18.0 Å². The highest BCUT2D eigenvalue weighted by molar-refractivity contribution is 5.94. The highest BCUT2D eigenvalue weighted by atomic mass is 19.1. The normalized spacial score (nSPS) is 14.6. The molecular weight excluding hydrogens is 269 g/mol. The maximum absolute atomic E-state index is 14.0. The van der Waals surface area contributed by atoms with E-state index in [1.807, 2.05) is 0 Å². The number of rotatable bonds is 3. The van der Waals surface area contributed by atoms with Gasteiger partial charge in [0.15, 0.2) is 0 Å². The number of hydrogen-bond acceptors (Lipinski definition) is 2. The number of amides is 1. The van der Waals surface area contributed by atoms with Crippen LogP contribution in [0.4, 0.5) is 4.39 Å². The first-order valence-corrected chi connectivity index (χ1v) is 7.26. The molecule has 1 saturated carbocycles. The predicted octanol–water partition coefficient (Wildman–Crippen LogP) is 2.43. The van der Waals surface area contributed by atoms with Crippen LogP contribution < -0.4 is 0 Å². The van der Waals surface area contributed by atoms with Crippen molar-refractivity contribution >= 4 is 5.91 Å². The van der Waals surface area contributed by atoms with E-state index >= 15 is 0 Å². The van der Waals surface area contributed by atoms with Crippen LogP contribution in [0, 0.1) is 23.6 Å². The predicted molar refractivity (Wildman–Crippen MR) is 79.3 cm³/mol. The Morgan fingerprint density at radius 1 is 1.43 bits per heavy atom. The molecule has 1 aliphatic carbocycles. The van der Waals surface area contributed by atoms with Crippen LogP contribution in [0.3, 0.4) is 0 Å². The third-order valence-corrected chi connectivity index (χ3v) is 3.86. The molecule has 0 unspecified atom stereocenters. The summed E-state index contributed by atoms with van der Waals surface area (Å²) in [5.74, 6) is 4.76. The summed E-state index contributed by atoms with van der Waals surface area (Å²) in [5, 5.41) is 8.62. The smallest absolute Gasteiger partial charge is 0.256 e. The Labute approximate surface area is 124 Å². The molecule has 21 heavy (non-hydrogen) atoms. The average molecular weight is 289 g/mol. The van der Waals surface area contributed by atoms with Gasteiger partial charge in [0.25, 0.3) is 5.91 Å². The van der Waals surface area contributed by atoms with Gasteiger partial charge in [0.05, 0.1) is 5.56 Å². The summed E-state index contributed by atoms with van der Waals surface area (Å²) < 4.78 is 14.0. The molecule has 0 saturated heterocycles. The summed E-state index contributed by atoms with van der Waals surface area (Å²) in [6, 6.07) is 4.30. The Morgan fingerprint density at radius 3 is 2.76 bits per heavy atom. The van der Waals surface area contributed by atoms with Gasteiger partial charge in [-0.3, -0.25) is 4.79 Å². The molecule has 0 spiro atoms. The van der Waals surface area contributed by atoms with Crippen LogP contribution in [0.1, 0.15) is 41.6 Å². The van der Waals surface area contributed by atoms with Crippen molar-refractivity contribution in [3.63, 3.8) is 0 Å². The van der Waals surface area contributed by atoms with Crippen molar-refractivity contribution in [2.45, 2.75) is 25.7 Å². The summed E-state index contributed by atoms with van der Waals surface area (Å²) in [4.78, 5) is 13.9. The number of aliphatic hydroxyl groups excluding tert-OH is 1. The molecule has 112 valence electrons. The van der Waals surface area contributed by atoms with Gasteiger partial charge in [0, 0.05) is 19.2 Å². The molecule has 1 aliphatic rings. The Morgan fingerprint density at radius 2 is 2.14 bits per heavy atom. The Bertz CT molecular complexity index is 568. The van der Waals surface area contributed by atoms with Crippen molar-refractivity contribution in [1.29, 1.82) is 0 Å². The Balaban J connectivity index is 2.07. The molecule has 4 heteroatoms. The van der Waals surface area contributed by atoms with Crippen molar-refractivity contribution in [3.05, 3.63) is 35.1 Å². The molecule has 0 aliphatic heterocycles. The molecule has 2 rings (SSSR count). The summed E-state index contributed by atoms with van der Waals surface area (Å²) in [5.41, 5.74) is 0.529. The zero-order valence-electron chi connectivity index (χ0n) is 12.2. The van der Waals surface area contributed by atoms with Gasteiger partial charge >= 0.3 is 0 Å². The molecule has 1 aromatic carbocycles. The van der Waals surface area contributed by atoms with Crippen LogP contribution in [0.15, 0.2) is 18.2 Å². The quantitative estimate of drug-likeness (QED) is 0.868. The minimum Gasteiger partial charge on any atom is -0.384 e. The van der Waals surface area contributed by atoms with Gasteiger partial charge in [-0.2, -0.15) is 0 Å². The molecule has 0 atom stereocenters. The molecule has 0 heterocycles. The second-order valence-electron chi connectivity index (χ2n) is 5.49. The van der Waals surface area contributed by atoms with Crippen LogP contribution >= 0.6 is 0 Å². The lowest BCUT2D eigenvalue weighted by atomic mass is 10.1. The third-order valence-electron chi connectivity index (χ3n) is 3.86. The zero-order valence-corrected chi connectivity index (χ0v) is 12.2. The maximum atomic E-state index is 14.0. The zero-order chi connectivity index (χ0) is 15.2. The highest BCUT2D eigenvalue weighted by Crippen LogP contribution is 2.25.